The molecule has 20 heavy (non-hydrogen) atoms. The minimum Gasteiger partial charge on any atom is -0.497 e. The molecule has 2 aromatic rings. The summed E-state index contributed by atoms with van der Waals surface area (Å²) in [7, 11) is 1.70. The number of aromatic nitrogens is 1. The van der Waals surface area contributed by atoms with E-state index in [4.69, 9.17) is 10.5 Å². The summed E-state index contributed by atoms with van der Waals surface area (Å²) in [5.41, 5.74) is 5.67. The molecule has 1 atom stereocenters. The lowest BCUT2D eigenvalue weighted by Crippen LogP contribution is -2.21. The van der Waals surface area contributed by atoms with Gasteiger partial charge in [-0.3, -0.25) is 0 Å². The predicted octanol–water partition coefficient (Wildman–Crippen LogP) is 2.42. The Hall–Kier alpha value is -1.81. The molecule has 0 radical (unpaired) electrons. The van der Waals surface area contributed by atoms with Crippen LogP contribution in [0.2, 0.25) is 0 Å². The van der Waals surface area contributed by atoms with Crippen molar-refractivity contribution >= 4 is 16.6 Å². The minimum atomic E-state index is 0.697. The first-order valence-electron chi connectivity index (χ1n) is 7.19. The van der Waals surface area contributed by atoms with E-state index >= 15 is 0 Å². The second-order valence-electron chi connectivity index (χ2n) is 5.40. The van der Waals surface area contributed by atoms with Crippen molar-refractivity contribution in [3.63, 3.8) is 0 Å². The lowest BCUT2D eigenvalue weighted by molar-refractivity contribution is 0.415. The quantitative estimate of drug-likeness (QED) is 0.928. The van der Waals surface area contributed by atoms with Crippen LogP contribution in [0.1, 0.15) is 12.8 Å². The number of anilines is 1. The van der Waals surface area contributed by atoms with Crippen LogP contribution in [-0.4, -0.2) is 31.7 Å². The molecule has 1 saturated heterocycles. The van der Waals surface area contributed by atoms with Gasteiger partial charge in [-0.15, -0.1) is 0 Å². The summed E-state index contributed by atoms with van der Waals surface area (Å²) in [6.45, 7) is 2.89. The third kappa shape index (κ3) is 2.43. The number of nitrogens with zero attached hydrogens (tertiary/aromatic N) is 2. The fourth-order valence-corrected chi connectivity index (χ4v) is 3.01. The largest absolute Gasteiger partial charge is 0.497 e. The van der Waals surface area contributed by atoms with Crippen molar-refractivity contribution in [3.05, 3.63) is 30.5 Å². The number of benzene rings is 1. The van der Waals surface area contributed by atoms with Crippen molar-refractivity contribution in [1.82, 2.24) is 4.98 Å². The fraction of sp³-hybridized carbons (Fsp3) is 0.438. The average Bonchev–Trinajstić information content (AvgIpc) is 2.95. The highest BCUT2D eigenvalue weighted by atomic mass is 16.5. The second kappa shape index (κ2) is 5.67. The Bertz CT molecular complexity index is 599. The number of fused-ring (bicyclic) bond motifs is 1. The summed E-state index contributed by atoms with van der Waals surface area (Å²) in [6, 6.07) is 8.21. The van der Waals surface area contributed by atoms with Gasteiger partial charge in [-0.2, -0.15) is 0 Å². The van der Waals surface area contributed by atoms with Gasteiger partial charge in [0.2, 0.25) is 0 Å². The highest BCUT2D eigenvalue weighted by Gasteiger charge is 2.24. The summed E-state index contributed by atoms with van der Waals surface area (Å²) in [4.78, 5) is 6.98. The molecule has 0 aliphatic carbocycles. The van der Waals surface area contributed by atoms with E-state index in [9.17, 15) is 0 Å². The van der Waals surface area contributed by atoms with Crippen molar-refractivity contribution in [3.8, 4) is 5.75 Å². The van der Waals surface area contributed by atoms with Gasteiger partial charge in [-0.05, 0) is 48.9 Å². The Labute approximate surface area is 119 Å². The predicted molar refractivity (Wildman–Crippen MR) is 82.3 cm³/mol. The SMILES string of the molecule is COc1ccc2ccnc(N3CCC(CCN)C3)c2c1. The highest BCUT2D eigenvalue weighted by Crippen LogP contribution is 2.31. The van der Waals surface area contributed by atoms with Crippen LogP contribution < -0.4 is 15.4 Å². The summed E-state index contributed by atoms with van der Waals surface area (Å²) in [6.07, 6.45) is 4.20. The number of pyridine rings is 1. The summed E-state index contributed by atoms with van der Waals surface area (Å²) >= 11 is 0. The molecule has 1 unspecified atom stereocenters. The Morgan fingerprint density at radius 3 is 3.10 bits per heavy atom. The van der Waals surface area contributed by atoms with Crippen LogP contribution in [0.15, 0.2) is 30.5 Å². The molecule has 1 fully saturated rings. The van der Waals surface area contributed by atoms with Crippen LogP contribution in [0.5, 0.6) is 5.75 Å². The smallest absolute Gasteiger partial charge is 0.136 e. The van der Waals surface area contributed by atoms with Crippen molar-refractivity contribution < 1.29 is 4.74 Å². The number of ether oxygens (including phenoxy) is 1. The number of hydrogen-bond acceptors (Lipinski definition) is 4. The van der Waals surface area contributed by atoms with Crippen molar-refractivity contribution in [2.24, 2.45) is 11.7 Å². The van der Waals surface area contributed by atoms with Crippen molar-refractivity contribution in [2.45, 2.75) is 12.8 Å². The molecule has 0 spiro atoms. The van der Waals surface area contributed by atoms with Crippen LogP contribution >= 0.6 is 0 Å². The van der Waals surface area contributed by atoms with Crippen LogP contribution in [0.25, 0.3) is 10.8 Å². The average molecular weight is 271 g/mol. The summed E-state index contributed by atoms with van der Waals surface area (Å²) < 4.78 is 5.34. The van der Waals surface area contributed by atoms with Gasteiger partial charge in [0.15, 0.2) is 0 Å². The summed E-state index contributed by atoms with van der Waals surface area (Å²) in [5, 5.41) is 2.37. The van der Waals surface area contributed by atoms with Gasteiger partial charge in [-0.1, -0.05) is 6.07 Å². The van der Waals surface area contributed by atoms with E-state index in [0.29, 0.717) is 5.92 Å². The standard InChI is InChI=1S/C16H21N3O/c1-20-14-3-2-13-5-8-18-16(15(13)10-14)19-9-6-12(11-19)4-7-17/h2-3,5,8,10,12H,4,6-7,9,11,17H2,1H3. The van der Waals surface area contributed by atoms with Gasteiger partial charge in [0, 0.05) is 24.7 Å². The van der Waals surface area contributed by atoms with Gasteiger partial charge in [-0.25, -0.2) is 4.98 Å². The first-order chi connectivity index (χ1) is 9.81. The van der Waals surface area contributed by atoms with E-state index < -0.39 is 0 Å². The molecule has 0 bridgehead atoms. The van der Waals surface area contributed by atoms with Crippen LogP contribution in [0.3, 0.4) is 0 Å². The number of nitrogens with two attached hydrogens (primary N) is 1. The van der Waals surface area contributed by atoms with E-state index in [1.807, 2.05) is 18.3 Å². The van der Waals surface area contributed by atoms with Crippen molar-refractivity contribution in [2.75, 3.05) is 31.6 Å². The third-order valence-corrected chi connectivity index (χ3v) is 4.11. The van der Waals surface area contributed by atoms with E-state index in [1.165, 1.54) is 17.2 Å². The molecule has 3 rings (SSSR count). The molecule has 0 saturated carbocycles. The Morgan fingerprint density at radius 1 is 1.40 bits per heavy atom. The van der Waals surface area contributed by atoms with E-state index in [1.54, 1.807) is 7.11 Å². The van der Waals surface area contributed by atoms with Crippen LogP contribution in [-0.2, 0) is 0 Å². The molecule has 1 aromatic carbocycles. The Morgan fingerprint density at radius 2 is 2.30 bits per heavy atom. The lowest BCUT2D eigenvalue weighted by Gasteiger charge is -2.19. The number of rotatable bonds is 4. The minimum absolute atomic E-state index is 0.697. The zero-order valence-corrected chi connectivity index (χ0v) is 11.9. The molecule has 2 heterocycles. The molecule has 0 amide bonds. The highest BCUT2D eigenvalue weighted by molar-refractivity contribution is 5.93. The van der Waals surface area contributed by atoms with Gasteiger partial charge in [0.25, 0.3) is 0 Å². The van der Waals surface area contributed by atoms with E-state index in [0.717, 1.165) is 37.6 Å². The fourth-order valence-electron chi connectivity index (χ4n) is 3.01. The number of hydrogen-bond donors (Lipinski definition) is 1. The monoisotopic (exact) mass is 271 g/mol. The van der Waals surface area contributed by atoms with Crippen molar-refractivity contribution in [1.29, 1.82) is 0 Å². The molecule has 106 valence electrons. The van der Waals surface area contributed by atoms with E-state index in [-0.39, 0.29) is 0 Å². The maximum absolute atomic E-state index is 5.67. The lowest BCUT2D eigenvalue weighted by atomic mass is 10.1. The van der Waals surface area contributed by atoms with Gasteiger partial charge in [0.05, 0.1) is 7.11 Å². The number of methoxy groups -OCH3 is 1. The molecular weight excluding hydrogens is 250 g/mol. The van der Waals surface area contributed by atoms with Crippen LogP contribution in [0, 0.1) is 5.92 Å². The molecule has 4 nitrogen and oxygen atoms in total. The second-order valence-corrected chi connectivity index (χ2v) is 5.40. The summed E-state index contributed by atoms with van der Waals surface area (Å²) in [5.74, 6) is 2.65. The maximum Gasteiger partial charge on any atom is 0.136 e. The zero-order chi connectivity index (χ0) is 13.9. The molecule has 1 aromatic heterocycles. The third-order valence-electron chi connectivity index (χ3n) is 4.11. The molecule has 1 aliphatic heterocycles. The van der Waals surface area contributed by atoms with Crippen LogP contribution in [0.4, 0.5) is 5.82 Å². The van der Waals surface area contributed by atoms with Gasteiger partial charge >= 0.3 is 0 Å². The topological polar surface area (TPSA) is 51.4 Å². The van der Waals surface area contributed by atoms with E-state index in [2.05, 4.69) is 22.0 Å². The zero-order valence-electron chi connectivity index (χ0n) is 11.9. The van der Waals surface area contributed by atoms with Gasteiger partial charge in [0.1, 0.15) is 11.6 Å². The maximum atomic E-state index is 5.67. The molecule has 4 heteroatoms. The first kappa shape index (κ1) is 13.2. The Balaban J connectivity index is 1.95. The first-order valence-corrected chi connectivity index (χ1v) is 7.19. The normalized spacial score (nSPS) is 18.7. The van der Waals surface area contributed by atoms with Gasteiger partial charge < -0.3 is 15.4 Å². The molecule has 2 N–H and O–H groups in total. The Kier molecular flexibility index (Phi) is 3.74. The molecular formula is C16H21N3O. The molecule has 1 aliphatic rings.